The summed E-state index contributed by atoms with van der Waals surface area (Å²) in [6.07, 6.45) is 1.83. The number of carboxylic acids is 2. The molecule has 0 aliphatic carbocycles. The normalized spacial score (nSPS) is 14.9. The summed E-state index contributed by atoms with van der Waals surface area (Å²) < 4.78 is 0. The summed E-state index contributed by atoms with van der Waals surface area (Å²) in [5.74, 6) is -4.11. The molecule has 11 nitrogen and oxygen atoms in total. The van der Waals surface area contributed by atoms with Gasteiger partial charge in [-0.15, -0.1) is 0 Å². The second kappa shape index (κ2) is 13.8. The molecule has 0 saturated heterocycles. The highest BCUT2D eigenvalue weighted by molar-refractivity contribution is 7.98. The zero-order chi connectivity index (χ0) is 23.4. The van der Waals surface area contributed by atoms with E-state index in [1.807, 2.05) is 20.1 Å². The van der Waals surface area contributed by atoms with E-state index in [0.29, 0.717) is 18.6 Å². The lowest BCUT2D eigenvalue weighted by Crippen LogP contribution is -2.56. The van der Waals surface area contributed by atoms with E-state index in [4.69, 9.17) is 15.9 Å². The second-order valence-corrected chi connectivity index (χ2v) is 8.29. The average Bonchev–Trinajstić information content (AvgIpc) is 2.63. The Balaban J connectivity index is 5.03. The topological polar surface area (TPSA) is 188 Å². The largest absolute Gasteiger partial charge is 0.481 e. The van der Waals surface area contributed by atoms with Crippen molar-refractivity contribution in [3.8, 4) is 0 Å². The van der Waals surface area contributed by atoms with Crippen LogP contribution in [-0.2, 0) is 24.0 Å². The molecule has 0 radical (unpaired) electrons. The molecule has 4 atom stereocenters. The average molecular weight is 449 g/mol. The van der Waals surface area contributed by atoms with Crippen LogP contribution in [0.15, 0.2) is 0 Å². The lowest BCUT2D eigenvalue weighted by molar-refractivity contribution is -0.147. The van der Waals surface area contributed by atoms with Gasteiger partial charge in [0.1, 0.15) is 18.1 Å². The van der Waals surface area contributed by atoms with Crippen molar-refractivity contribution in [3.05, 3.63) is 0 Å². The highest BCUT2D eigenvalue weighted by Gasteiger charge is 2.29. The Bertz CT molecular complexity index is 630. The Morgan fingerprint density at radius 3 is 1.93 bits per heavy atom. The van der Waals surface area contributed by atoms with Gasteiger partial charge in [-0.05, 0) is 37.7 Å². The maximum atomic E-state index is 12.6. The van der Waals surface area contributed by atoms with Crippen LogP contribution in [0.2, 0.25) is 0 Å². The molecule has 0 saturated carbocycles. The van der Waals surface area contributed by atoms with E-state index in [2.05, 4.69) is 16.0 Å². The standard InChI is InChI=1S/C18H32N4O7S/c1-9(2)7-12(21-16(26)11(19)5-6-30-4)17(27)20-10(3)15(25)22-13(18(28)29)8-14(23)24/h9-13H,5-8,19H2,1-4H3,(H,20,27)(H,21,26)(H,22,25)(H,23,24)(H,28,29). The van der Waals surface area contributed by atoms with Gasteiger partial charge in [-0.2, -0.15) is 11.8 Å². The molecular weight excluding hydrogens is 416 g/mol. The molecule has 12 heteroatoms. The van der Waals surface area contributed by atoms with E-state index in [0.717, 1.165) is 0 Å². The Kier molecular flexibility index (Phi) is 12.7. The van der Waals surface area contributed by atoms with Crippen molar-refractivity contribution in [2.24, 2.45) is 11.7 Å². The van der Waals surface area contributed by atoms with Crippen molar-refractivity contribution in [1.82, 2.24) is 16.0 Å². The molecule has 3 amide bonds. The maximum Gasteiger partial charge on any atom is 0.326 e. The number of amides is 3. The van der Waals surface area contributed by atoms with E-state index in [1.165, 1.54) is 6.92 Å². The number of aliphatic carboxylic acids is 2. The van der Waals surface area contributed by atoms with Gasteiger partial charge in [0.05, 0.1) is 12.5 Å². The molecule has 0 heterocycles. The van der Waals surface area contributed by atoms with Gasteiger partial charge in [0.15, 0.2) is 0 Å². The van der Waals surface area contributed by atoms with E-state index < -0.39 is 60.2 Å². The molecule has 0 rings (SSSR count). The van der Waals surface area contributed by atoms with Crippen molar-refractivity contribution in [2.45, 2.75) is 64.2 Å². The van der Waals surface area contributed by atoms with Gasteiger partial charge in [0, 0.05) is 0 Å². The van der Waals surface area contributed by atoms with Crippen molar-refractivity contribution in [2.75, 3.05) is 12.0 Å². The van der Waals surface area contributed by atoms with Gasteiger partial charge in [-0.3, -0.25) is 19.2 Å². The van der Waals surface area contributed by atoms with E-state index in [1.54, 1.807) is 11.8 Å². The van der Waals surface area contributed by atoms with Gasteiger partial charge in [0.2, 0.25) is 17.7 Å². The maximum absolute atomic E-state index is 12.6. The Hall–Kier alpha value is -2.34. The number of nitrogens with two attached hydrogens (primary N) is 1. The van der Waals surface area contributed by atoms with Gasteiger partial charge in [-0.25, -0.2) is 4.79 Å². The van der Waals surface area contributed by atoms with Crippen LogP contribution in [0.1, 0.15) is 40.0 Å². The number of carboxylic acid groups (broad SMARTS) is 2. The first-order chi connectivity index (χ1) is 13.9. The fourth-order valence-corrected chi connectivity index (χ4v) is 2.90. The zero-order valence-electron chi connectivity index (χ0n) is 17.6. The molecule has 0 spiro atoms. The SMILES string of the molecule is CSCCC(N)C(=O)NC(CC(C)C)C(=O)NC(C)C(=O)NC(CC(=O)O)C(=O)O. The minimum Gasteiger partial charge on any atom is -0.481 e. The quantitative estimate of drug-likeness (QED) is 0.197. The van der Waals surface area contributed by atoms with Crippen LogP contribution in [0.4, 0.5) is 0 Å². The van der Waals surface area contributed by atoms with Crippen LogP contribution in [-0.4, -0.2) is 76.0 Å². The van der Waals surface area contributed by atoms with Crippen molar-refractivity contribution >= 4 is 41.4 Å². The number of carbonyl (C=O) groups excluding carboxylic acids is 3. The lowest BCUT2D eigenvalue weighted by atomic mass is 10.0. The van der Waals surface area contributed by atoms with Crippen LogP contribution < -0.4 is 21.7 Å². The highest BCUT2D eigenvalue weighted by atomic mass is 32.2. The third-order valence-electron chi connectivity index (χ3n) is 4.06. The monoisotopic (exact) mass is 448 g/mol. The molecule has 172 valence electrons. The number of thioether (sulfide) groups is 1. The van der Waals surface area contributed by atoms with E-state index >= 15 is 0 Å². The molecule has 4 unspecified atom stereocenters. The molecule has 0 aliphatic rings. The molecule has 0 aromatic heterocycles. The summed E-state index contributed by atoms with van der Waals surface area (Å²) in [5.41, 5.74) is 5.83. The minimum atomic E-state index is -1.63. The van der Waals surface area contributed by atoms with Crippen LogP contribution in [0.3, 0.4) is 0 Å². The summed E-state index contributed by atoms with van der Waals surface area (Å²) in [7, 11) is 0. The first-order valence-corrected chi connectivity index (χ1v) is 10.9. The van der Waals surface area contributed by atoms with Gasteiger partial charge in [-0.1, -0.05) is 13.8 Å². The zero-order valence-corrected chi connectivity index (χ0v) is 18.5. The van der Waals surface area contributed by atoms with Crippen molar-refractivity contribution < 1.29 is 34.2 Å². The minimum absolute atomic E-state index is 0.0551. The number of hydrogen-bond acceptors (Lipinski definition) is 7. The predicted octanol–water partition coefficient (Wildman–Crippen LogP) is -0.853. The van der Waals surface area contributed by atoms with Crippen LogP contribution in [0.5, 0.6) is 0 Å². The van der Waals surface area contributed by atoms with Gasteiger partial charge < -0.3 is 31.9 Å². The molecular formula is C18H32N4O7S. The number of rotatable bonds is 14. The van der Waals surface area contributed by atoms with Gasteiger partial charge >= 0.3 is 11.9 Å². The molecule has 0 aliphatic heterocycles. The molecule has 0 aromatic rings. The lowest BCUT2D eigenvalue weighted by Gasteiger charge is -2.24. The number of carbonyl (C=O) groups is 5. The summed E-state index contributed by atoms with van der Waals surface area (Å²) in [5, 5.41) is 24.8. The number of hydrogen-bond donors (Lipinski definition) is 6. The highest BCUT2D eigenvalue weighted by Crippen LogP contribution is 2.07. The summed E-state index contributed by atoms with van der Waals surface area (Å²) in [6, 6.07) is -4.48. The first-order valence-electron chi connectivity index (χ1n) is 9.49. The van der Waals surface area contributed by atoms with Crippen molar-refractivity contribution in [3.63, 3.8) is 0 Å². The third-order valence-corrected chi connectivity index (χ3v) is 4.70. The van der Waals surface area contributed by atoms with E-state index in [9.17, 15) is 24.0 Å². The summed E-state index contributed by atoms with van der Waals surface area (Å²) in [4.78, 5) is 58.8. The van der Waals surface area contributed by atoms with Gasteiger partial charge in [0.25, 0.3) is 0 Å². The van der Waals surface area contributed by atoms with Crippen LogP contribution in [0, 0.1) is 5.92 Å². The fourth-order valence-electron chi connectivity index (χ4n) is 2.41. The molecule has 0 bridgehead atoms. The number of nitrogens with one attached hydrogen (secondary N) is 3. The summed E-state index contributed by atoms with van der Waals surface area (Å²) >= 11 is 1.54. The van der Waals surface area contributed by atoms with Crippen molar-refractivity contribution in [1.29, 1.82) is 0 Å². The molecule has 30 heavy (non-hydrogen) atoms. The van der Waals surface area contributed by atoms with E-state index in [-0.39, 0.29) is 5.92 Å². The smallest absolute Gasteiger partial charge is 0.326 e. The van der Waals surface area contributed by atoms with Crippen LogP contribution >= 0.6 is 11.8 Å². The molecule has 0 fully saturated rings. The summed E-state index contributed by atoms with van der Waals surface area (Å²) in [6.45, 7) is 5.05. The second-order valence-electron chi connectivity index (χ2n) is 7.31. The van der Waals surface area contributed by atoms with Crippen LogP contribution in [0.25, 0.3) is 0 Å². The Morgan fingerprint density at radius 2 is 1.47 bits per heavy atom. The Morgan fingerprint density at radius 1 is 0.900 bits per heavy atom. The molecule has 0 aromatic carbocycles. The third kappa shape index (κ3) is 11.0. The Labute approximate surface area is 179 Å². The first kappa shape index (κ1) is 27.7. The predicted molar refractivity (Wildman–Crippen MR) is 112 cm³/mol. The molecule has 7 N–H and O–H groups in total. The fraction of sp³-hybridized carbons (Fsp3) is 0.722.